The molecule has 2 N–H and O–H groups in total. The van der Waals surface area contributed by atoms with Gasteiger partial charge in [-0.2, -0.15) is 0 Å². The maximum absolute atomic E-state index is 12.3. The van der Waals surface area contributed by atoms with Crippen molar-refractivity contribution in [2.24, 2.45) is 4.99 Å². The molecular weight excluding hydrogens is 402 g/mol. The summed E-state index contributed by atoms with van der Waals surface area (Å²) in [5.74, 6) is -0.0495. The molecule has 29 heavy (non-hydrogen) atoms. The molecule has 1 amide bonds. The number of amides is 1. The average Bonchev–Trinajstić information content (AvgIpc) is 3.23. The molecule has 1 aliphatic heterocycles. The van der Waals surface area contributed by atoms with Crippen molar-refractivity contribution in [3.8, 4) is 5.88 Å². The average molecular weight is 422 g/mol. The molecule has 2 aromatic carbocycles. The van der Waals surface area contributed by atoms with E-state index in [1.165, 1.54) is 11.3 Å². The first-order valence-electron chi connectivity index (χ1n) is 9.15. The number of thiazole rings is 1. The molecule has 0 spiro atoms. The maximum atomic E-state index is 12.3. The summed E-state index contributed by atoms with van der Waals surface area (Å²) in [6.07, 6.45) is 3.88. The zero-order chi connectivity index (χ0) is 20.4. The van der Waals surface area contributed by atoms with Crippen LogP contribution in [0.3, 0.4) is 0 Å². The summed E-state index contributed by atoms with van der Waals surface area (Å²) in [6, 6.07) is 15.5. The van der Waals surface area contributed by atoms with Crippen molar-refractivity contribution in [2.45, 2.75) is 19.9 Å². The van der Waals surface area contributed by atoms with E-state index in [1.54, 1.807) is 10.8 Å². The van der Waals surface area contributed by atoms with Crippen molar-refractivity contribution in [3.63, 3.8) is 0 Å². The summed E-state index contributed by atoms with van der Waals surface area (Å²) in [5.41, 5.74) is 4.75. The molecule has 0 bridgehead atoms. The summed E-state index contributed by atoms with van der Waals surface area (Å²) < 4.78 is 2.12. The number of nitrogens with one attached hydrogen (secondary N) is 1. The van der Waals surface area contributed by atoms with Crippen LogP contribution in [0, 0.1) is 10.9 Å². The number of aromatic nitrogens is 1. The lowest BCUT2D eigenvalue weighted by Gasteiger charge is -2.07. The SMILES string of the molecule is Cc1ccc(NC(=O)CCn2c(O)c(/C=C3\C=Nc4ccccc43)sc2=S)cc1. The Morgan fingerprint density at radius 1 is 1.24 bits per heavy atom. The van der Waals surface area contributed by atoms with Gasteiger partial charge in [0.2, 0.25) is 11.8 Å². The van der Waals surface area contributed by atoms with Crippen LogP contribution in [0.15, 0.2) is 53.5 Å². The fourth-order valence-electron chi connectivity index (χ4n) is 3.07. The molecule has 7 heteroatoms. The minimum Gasteiger partial charge on any atom is -0.493 e. The zero-order valence-corrected chi connectivity index (χ0v) is 17.4. The molecule has 0 fully saturated rings. The Morgan fingerprint density at radius 2 is 2.00 bits per heavy atom. The number of aryl methyl sites for hydroxylation is 1. The highest BCUT2D eigenvalue weighted by Gasteiger charge is 2.16. The largest absolute Gasteiger partial charge is 0.493 e. The molecule has 4 rings (SSSR count). The molecule has 0 radical (unpaired) electrons. The Balaban J connectivity index is 1.47. The van der Waals surface area contributed by atoms with E-state index in [0.29, 0.717) is 15.4 Å². The second-order valence-corrected chi connectivity index (χ2v) is 8.42. The minimum atomic E-state index is -0.127. The van der Waals surface area contributed by atoms with Gasteiger partial charge < -0.3 is 10.4 Å². The Morgan fingerprint density at radius 3 is 2.79 bits per heavy atom. The van der Waals surface area contributed by atoms with Crippen LogP contribution >= 0.6 is 23.6 Å². The van der Waals surface area contributed by atoms with Crippen molar-refractivity contribution in [1.29, 1.82) is 0 Å². The molecule has 5 nitrogen and oxygen atoms in total. The normalized spacial score (nSPS) is 13.6. The number of aliphatic imine (C=N–C) groups is 1. The van der Waals surface area contributed by atoms with Gasteiger partial charge in [0.25, 0.3) is 0 Å². The highest BCUT2D eigenvalue weighted by atomic mass is 32.1. The fraction of sp³-hybridized carbons (Fsp3) is 0.136. The second-order valence-electron chi connectivity index (χ2n) is 6.75. The summed E-state index contributed by atoms with van der Waals surface area (Å²) in [7, 11) is 0. The number of rotatable bonds is 5. The van der Waals surface area contributed by atoms with E-state index in [0.717, 1.165) is 28.1 Å². The van der Waals surface area contributed by atoms with Crippen LogP contribution in [0.5, 0.6) is 5.88 Å². The van der Waals surface area contributed by atoms with E-state index < -0.39 is 0 Å². The van der Waals surface area contributed by atoms with Crippen molar-refractivity contribution < 1.29 is 9.90 Å². The van der Waals surface area contributed by atoms with Gasteiger partial charge in [-0.15, -0.1) is 11.3 Å². The number of benzene rings is 2. The van der Waals surface area contributed by atoms with E-state index >= 15 is 0 Å². The topological polar surface area (TPSA) is 66.6 Å². The molecule has 0 aliphatic carbocycles. The summed E-state index contributed by atoms with van der Waals surface area (Å²) in [6.45, 7) is 2.31. The monoisotopic (exact) mass is 421 g/mol. The number of aromatic hydroxyl groups is 1. The lowest BCUT2D eigenvalue weighted by Crippen LogP contribution is -2.14. The molecule has 146 valence electrons. The first kappa shape index (κ1) is 19.3. The van der Waals surface area contributed by atoms with Gasteiger partial charge in [0.15, 0.2) is 3.95 Å². The highest BCUT2D eigenvalue weighted by Crippen LogP contribution is 2.35. The summed E-state index contributed by atoms with van der Waals surface area (Å²) >= 11 is 6.72. The van der Waals surface area contributed by atoms with Crippen molar-refractivity contribution in [1.82, 2.24) is 4.57 Å². The molecule has 1 aliphatic rings. The molecule has 0 saturated carbocycles. The molecule has 0 atom stereocenters. The van der Waals surface area contributed by atoms with Crippen molar-refractivity contribution >= 4 is 58.7 Å². The zero-order valence-electron chi connectivity index (χ0n) is 15.8. The van der Waals surface area contributed by atoms with Gasteiger partial charge in [-0.3, -0.25) is 14.4 Å². The van der Waals surface area contributed by atoms with Gasteiger partial charge in [0, 0.05) is 36.0 Å². The molecule has 2 heterocycles. The van der Waals surface area contributed by atoms with E-state index in [9.17, 15) is 9.90 Å². The smallest absolute Gasteiger partial charge is 0.226 e. The van der Waals surface area contributed by atoms with Crippen LogP contribution in [0.4, 0.5) is 11.4 Å². The first-order chi connectivity index (χ1) is 14.0. The van der Waals surface area contributed by atoms with E-state index in [4.69, 9.17) is 12.2 Å². The Kier molecular flexibility index (Phi) is 5.42. The van der Waals surface area contributed by atoms with Gasteiger partial charge in [0.1, 0.15) is 0 Å². The number of allylic oxidation sites excluding steroid dienone is 1. The van der Waals surface area contributed by atoms with Crippen LogP contribution in [-0.2, 0) is 11.3 Å². The number of carbonyl (C=O) groups is 1. The van der Waals surface area contributed by atoms with Crippen molar-refractivity contribution in [2.75, 3.05) is 5.32 Å². The van der Waals surface area contributed by atoms with E-state index in [2.05, 4.69) is 10.3 Å². The standard InChI is InChI=1S/C22H19N3O2S2/c1-14-6-8-16(9-7-14)24-20(26)10-11-25-21(27)19(29-22(25)28)12-15-13-23-18-5-3-2-4-17(15)18/h2-9,12-13,27H,10-11H2,1H3,(H,24,26)/b15-12+. The third-order valence-electron chi connectivity index (χ3n) is 4.64. The molecule has 1 aromatic heterocycles. The van der Waals surface area contributed by atoms with Crippen LogP contribution in [0.25, 0.3) is 11.6 Å². The summed E-state index contributed by atoms with van der Waals surface area (Å²) in [4.78, 5) is 17.3. The molecule has 0 saturated heterocycles. The number of anilines is 1. The predicted molar refractivity (Wildman–Crippen MR) is 122 cm³/mol. The molecular formula is C22H19N3O2S2. The number of para-hydroxylation sites is 1. The van der Waals surface area contributed by atoms with Crippen LogP contribution in [0.1, 0.15) is 22.4 Å². The van der Waals surface area contributed by atoms with Gasteiger partial charge in [-0.25, -0.2) is 0 Å². The number of carbonyl (C=O) groups excluding carboxylic acids is 1. The Hall–Kier alpha value is -3.03. The molecule has 3 aromatic rings. The number of hydrogen-bond acceptors (Lipinski definition) is 5. The van der Waals surface area contributed by atoms with Gasteiger partial charge in [-0.05, 0) is 43.4 Å². The van der Waals surface area contributed by atoms with E-state index in [-0.39, 0.29) is 18.2 Å². The maximum Gasteiger partial charge on any atom is 0.226 e. The fourth-order valence-corrected chi connectivity index (χ4v) is 4.38. The first-order valence-corrected chi connectivity index (χ1v) is 10.4. The third kappa shape index (κ3) is 4.21. The van der Waals surface area contributed by atoms with Gasteiger partial charge >= 0.3 is 0 Å². The van der Waals surface area contributed by atoms with Crippen LogP contribution in [0.2, 0.25) is 0 Å². The molecule has 0 unspecified atom stereocenters. The highest BCUT2D eigenvalue weighted by molar-refractivity contribution is 7.73. The Labute approximate surface area is 177 Å². The van der Waals surface area contributed by atoms with Gasteiger partial charge in [0.05, 0.1) is 10.6 Å². The number of nitrogens with zero attached hydrogens (tertiary/aromatic N) is 2. The number of hydrogen-bond donors (Lipinski definition) is 2. The Bertz CT molecular complexity index is 1190. The summed E-state index contributed by atoms with van der Waals surface area (Å²) in [5, 5.41) is 13.5. The second kappa shape index (κ2) is 8.14. The number of fused-ring (bicyclic) bond motifs is 1. The van der Waals surface area contributed by atoms with Gasteiger partial charge in [-0.1, -0.05) is 35.9 Å². The van der Waals surface area contributed by atoms with E-state index in [1.807, 2.05) is 61.5 Å². The third-order valence-corrected chi connectivity index (χ3v) is 6.02. The van der Waals surface area contributed by atoms with Crippen LogP contribution in [-0.4, -0.2) is 21.8 Å². The lowest BCUT2D eigenvalue weighted by molar-refractivity contribution is -0.116. The predicted octanol–water partition coefficient (Wildman–Crippen LogP) is 5.58. The quantitative estimate of drug-likeness (QED) is 0.529. The van der Waals surface area contributed by atoms with Crippen LogP contribution < -0.4 is 5.32 Å². The minimum absolute atomic E-state index is 0.0772. The lowest BCUT2D eigenvalue weighted by atomic mass is 10.1. The van der Waals surface area contributed by atoms with Crippen molar-refractivity contribution in [3.05, 3.63) is 68.5 Å².